The van der Waals surface area contributed by atoms with E-state index in [1.807, 2.05) is 13.8 Å². The van der Waals surface area contributed by atoms with Crippen molar-refractivity contribution in [1.82, 2.24) is 20.2 Å². The molecule has 2 aromatic heterocycles. The molecule has 29 heavy (non-hydrogen) atoms. The first-order valence-electron chi connectivity index (χ1n) is 9.66. The lowest BCUT2D eigenvalue weighted by molar-refractivity contribution is 0.579. The summed E-state index contributed by atoms with van der Waals surface area (Å²) in [6.07, 6.45) is 5.07. The van der Waals surface area contributed by atoms with Gasteiger partial charge >= 0.3 is 0 Å². The molecule has 0 unspecified atom stereocenters. The molecule has 3 N–H and O–H groups in total. The van der Waals surface area contributed by atoms with Crippen LogP contribution < -0.4 is 10.6 Å². The number of hydrogen-bond acceptors (Lipinski definition) is 7. The Morgan fingerprint density at radius 3 is 2.62 bits per heavy atom. The first-order chi connectivity index (χ1) is 13.9. The van der Waals surface area contributed by atoms with E-state index in [4.69, 9.17) is 0 Å². The molecule has 0 aliphatic heterocycles. The van der Waals surface area contributed by atoms with Gasteiger partial charge in [-0.15, -0.1) is 0 Å². The zero-order valence-corrected chi connectivity index (χ0v) is 17.3. The van der Waals surface area contributed by atoms with Crippen LogP contribution in [0.2, 0.25) is 0 Å². The summed E-state index contributed by atoms with van der Waals surface area (Å²) in [6.45, 7) is 3.90. The Kier molecular flexibility index (Phi) is 5.23. The lowest BCUT2D eigenvalue weighted by Crippen LogP contribution is -2.17. The second-order valence-electron chi connectivity index (χ2n) is 7.30. The first-order valence-corrected chi connectivity index (χ1v) is 11.2. The fraction of sp³-hybridized carbons (Fsp3) is 0.350. The molecule has 1 fully saturated rings. The number of H-pyrrole nitrogens is 1. The SMILES string of the molecule is Cc1n[nH]c(Nc2ccnc(Nc3cccc(S(=O)(=O)C4CCCC4)c3)n2)c1C. The third-order valence-electron chi connectivity index (χ3n) is 5.32. The lowest BCUT2D eigenvalue weighted by Gasteiger charge is -2.13. The second kappa shape index (κ2) is 7.82. The van der Waals surface area contributed by atoms with Gasteiger partial charge in [-0.05, 0) is 51.0 Å². The van der Waals surface area contributed by atoms with Crippen molar-refractivity contribution in [3.63, 3.8) is 0 Å². The minimum Gasteiger partial charge on any atom is -0.325 e. The van der Waals surface area contributed by atoms with Crippen LogP contribution in [0.5, 0.6) is 0 Å². The number of anilines is 4. The van der Waals surface area contributed by atoms with Gasteiger partial charge in [0.15, 0.2) is 9.84 Å². The molecule has 0 saturated heterocycles. The number of aromatic nitrogens is 4. The highest BCUT2D eigenvalue weighted by molar-refractivity contribution is 7.92. The minimum absolute atomic E-state index is 0.275. The second-order valence-corrected chi connectivity index (χ2v) is 9.53. The monoisotopic (exact) mass is 412 g/mol. The Bertz CT molecular complexity index is 1120. The third-order valence-corrected chi connectivity index (χ3v) is 7.58. The molecule has 0 bridgehead atoms. The summed E-state index contributed by atoms with van der Waals surface area (Å²) in [7, 11) is -3.31. The number of sulfone groups is 1. The van der Waals surface area contributed by atoms with Crippen molar-refractivity contribution in [3.8, 4) is 0 Å². The summed E-state index contributed by atoms with van der Waals surface area (Å²) < 4.78 is 25.7. The number of nitrogens with one attached hydrogen (secondary N) is 3. The molecule has 2 heterocycles. The third kappa shape index (κ3) is 4.09. The smallest absolute Gasteiger partial charge is 0.229 e. The molecule has 3 aromatic rings. The minimum atomic E-state index is -3.31. The quantitative estimate of drug-likeness (QED) is 0.560. The van der Waals surface area contributed by atoms with Gasteiger partial charge in [-0.3, -0.25) is 5.10 Å². The van der Waals surface area contributed by atoms with Gasteiger partial charge in [0.2, 0.25) is 5.95 Å². The molecule has 4 rings (SSSR count). The molecule has 0 atom stereocenters. The highest BCUT2D eigenvalue weighted by Crippen LogP contribution is 2.31. The van der Waals surface area contributed by atoms with Crippen molar-refractivity contribution in [3.05, 3.63) is 47.8 Å². The van der Waals surface area contributed by atoms with E-state index in [1.54, 1.807) is 36.5 Å². The highest BCUT2D eigenvalue weighted by Gasteiger charge is 2.30. The molecule has 0 spiro atoms. The molecule has 9 heteroatoms. The Balaban J connectivity index is 1.53. The summed E-state index contributed by atoms with van der Waals surface area (Å²) in [6, 6.07) is 8.60. The van der Waals surface area contributed by atoms with Crippen molar-refractivity contribution in [2.45, 2.75) is 49.7 Å². The molecular formula is C20H24N6O2S. The van der Waals surface area contributed by atoms with Crippen LogP contribution in [-0.4, -0.2) is 33.8 Å². The molecule has 1 aliphatic carbocycles. The van der Waals surface area contributed by atoms with E-state index in [0.717, 1.165) is 42.8 Å². The number of benzene rings is 1. The highest BCUT2D eigenvalue weighted by atomic mass is 32.2. The van der Waals surface area contributed by atoms with Crippen LogP contribution in [0.25, 0.3) is 0 Å². The fourth-order valence-corrected chi connectivity index (χ4v) is 5.40. The van der Waals surface area contributed by atoms with Gasteiger partial charge in [-0.1, -0.05) is 18.9 Å². The van der Waals surface area contributed by atoms with Crippen LogP contribution in [0, 0.1) is 13.8 Å². The number of rotatable bonds is 6. The van der Waals surface area contributed by atoms with E-state index >= 15 is 0 Å². The van der Waals surface area contributed by atoms with Crippen molar-refractivity contribution < 1.29 is 8.42 Å². The number of aryl methyl sites for hydroxylation is 1. The number of nitrogens with zero attached hydrogens (tertiary/aromatic N) is 3. The number of hydrogen-bond donors (Lipinski definition) is 3. The fourth-order valence-electron chi connectivity index (χ4n) is 3.50. The normalized spacial score (nSPS) is 14.8. The Morgan fingerprint density at radius 2 is 1.90 bits per heavy atom. The standard InChI is InChI=1S/C20H24N6O2S/c1-13-14(2)25-26-19(13)23-18-10-11-21-20(24-18)22-15-6-5-9-17(12-15)29(27,28)16-7-3-4-8-16/h5-6,9-12,16H,3-4,7-8H2,1-2H3,(H3,21,22,23,24,25,26). The molecule has 0 radical (unpaired) electrons. The zero-order chi connectivity index (χ0) is 20.4. The van der Waals surface area contributed by atoms with Crippen LogP contribution in [-0.2, 0) is 9.84 Å². The molecule has 1 saturated carbocycles. The first kappa shape index (κ1) is 19.4. The molecular weight excluding hydrogens is 388 g/mol. The average molecular weight is 413 g/mol. The summed E-state index contributed by atoms with van der Waals surface area (Å²) >= 11 is 0. The lowest BCUT2D eigenvalue weighted by atomic mass is 10.3. The van der Waals surface area contributed by atoms with Gasteiger partial charge < -0.3 is 10.6 Å². The van der Waals surface area contributed by atoms with E-state index in [0.29, 0.717) is 22.3 Å². The average Bonchev–Trinajstić information content (AvgIpc) is 3.36. The van der Waals surface area contributed by atoms with E-state index in [2.05, 4.69) is 30.8 Å². The number of aromatic amines is 1. The molecule has 1 aromatic carbocycles. The van der Waals surface area contributed by atoms with E-state index in [-0.39, 0.29) is 5.25 Å². The van der Waals surface area contributed by atoms with Gasteiger partial charge in [-0.25, -0.2) is 13.4 Å². The van der Waals surface area contributed by atoms with Crippen LogP contribution >= 0.6 is 0 Å². The summed E-state index contributed by atoms with van der Waals surface area (Å²) in [5.74, 6) is 1.75. The van der Waals surface area contributed by atoms with E-state index < -0.39 is 9.84 Å². The van der Waals surface area contributed by atoms with Gasteiger partial charge in [0, 0.05) is 17.4 Å². The largest absolute Gasteiger partial charge is 0.325 e. The maximum absolute atomic E-state index is 12.9. The van der Waals surface area contributed by atoms with Gasteiger partial charge in [-0.2, -0.15) is 10.1 Å². The maximum Gasteiger partial charge on any atom is 0.229 e. The van der Waals surface area contributed by atoms with Crippen molar-refractivity contribution in [2.24, 2.45) is 0 Å². The Labute approximate surface area is 170 Å². The summed E-state index contributed by atoms with van der Waals surface area (Å²) in [5.41, 5.74) is 2.57. The summed E-state index contributed by atoms with van der Waals surface area (Å²) in [4.78, 5) is 9.03. The molecule has 0 amide bonds. The van der Waals surface area contributed by atoms with E-state index in [1.165, 1.54) is 0 Å². The molecule has 152 valence electrons. The van der Waals surface area contributed by atoms with Gasteiger partial charge in [0.25, 0.3) is 0 Å². The van der Waals surface area contributed by atoms with Crippen LogP contribution in [0.1, 0.15) is 36.9 Å². The van der Waals surface area contributed by atoms with Gasteiger partial charge in [0.1, 0.15) is 11.6 Å². The predicted molar refractivity (Wildman–Crippen MR) is 113 cm³/mol. The van der Waals surface area contributed by atoms with Crippen LogP contribution in [0.15, 0.2) is 41.4 Å². The molecule has 1 aliphatic rings. The topological polar surface area (TPSA) is 113 Å². The maximum atomic E-state index is 12.9. The molecule has 8 nitrogen and oxygen atoms in total. The van der Waals surface area contributed by atoms with Crippen molar-refractivity contribution in [2.75, 3.05) is 10.6 Å². The van der Waals surface area contributed by atoms with Crippen molar-refractivity contribution in [1.29, 1.82) is 0 Å². The van der Waals surface area contributed by atoms with Gasteiger partial charge in [0.05, 0.1) is 15.8 Å². The Morgan fingerprint density at radius 1 is 1.10 bits per heavy atom. The van der Waals surface area contributed by atoms with Crippen molar-refractivity contribution >= 4 is 33.1 Å². The Hall–Kier alpha value is -2.94. The van der Waals surface area contributed by atoms with E-state index in [9.17, 15) is 8.42 Å². The van der Waals surface area contributed by atoms with Crippen LogP contribution in [0.3, 0.4) is 0 Å². The summed E-state index contributed by atoms with van der Waals surface area (Å²) in [5, 5.41) is 13.1. The van der Waals surface area contributed by atoms with Crippen LogP contribution in [0.4, 0.5) is 23.3 Å². The zero-order valence-electron chi connectivity index (χ0n) is 16.4. The predicted octanol–water partition coefficient (Wildman–Crippen LogP) is 4.02.